The van der Waals surface area contributed by atoms with Gasteiger partial charge in [-0.05, 0) is 0 Å². The van der Waals surface area contributed by atoms with Gasteiger partial charge in [-0.3, -0.25) is 0 Å². The van der Waals surface area contributed by atoms with E-state index in [0.717, 1.165) is 0 Å². The molecule has 0 heterocycles. The molecule has 0 atom stereocenters. The van der Waals surface area contributed by atoms with Crippen molar-refractivity contribution in [2.45, 2.75) is 0 Å². The summed E-state index contributed by atoms with van der Waals surface area (Å²) in [5, 5.41) is 0. The Morgan fingerprint density at radius 3 is 1.25 bits per heavy atom. The summed E-state index contributed by atoms with van der Waals surface area (Å²) in [5.41, 5.74) is 0. The van der Waals surface area contributed by atoms with Gasteiger partial charge in [0.05, 0.1) is 0 Å². The molecule has 0 fully saturated rings. The first-order valence-corrected chi connectivity index (χ1v) is 0. The Balaban J connectivity index is 0. The molecule has 0 aliphatic rings. The van der Waals surface area contributed by atoms with Crippen molar-refractivity contribution < 1.29 is 45.5 Å². The van der Waals surface area contributed by atoms with E-state index in [0.29, 0.717) is 0 Å². The fourth-order valence-electron chi connectivity index (χ4n) is 0. The van der Waals surface area contributed by atoms with Crippen LogP contribution in [0.5, 0.6) is 0 Å². The van der Waals surface area contributed by atoms with Crippen LogP contribution < -0.4 is 0 Å². The third-order valence-electron chi connectivity index (χ3n) is 0. The quantitative estimate of drug-likeness (QED) is 0.458. The molecule has 2 N–H and O–H groups in total. The van der Waals surface area contributed by atoms with E-state index in [9.17, 15) is 0 Å². The summed E-state index contributed by atoms with van der Waals surface area (Å²) in [4.78, 5) is 0. The van der Waals surface area contributed by atoms with Gasteiger partial charge in [-0.2, -0.15) is 0 Å². The summed E-state index contributed by atoms with van der Waals surface area (Å²) in [7, 11) is 0. The van der Waals surface area contributed by atoms with Crippen LogP contribution in [0.25, 0.3) is 0 Å². The maximum absolute atomic E-state index is 0. The molecule has 2 radical (unpaired) electrons. The van der Waals surface area contributed by atoms with E-state index in [4.69, 9.17) is 0 Å². The molecule has 0 aliphatic heterocycles. The van der Waals surface area contributed by atoms with E-state index in [1.165, 1.54) is 0 Å². The molecule has 0 aromatic heterocycles. The molecule has 0 aromatic carbocycles. The Hall–Kier alpha value is 2.70. The number of hydrogen-bond acceptors (Lipinski definition) is 0. The van der Waals surface area contributed by atoms with Crippen molar-refractivity contribution in [2.24, 2.45) is 0 Å². The molecule has 0 spiro atoms. The maximum atomic E-state index is 0. The van der Waals surface area contributed by atoms with Crippen molar-refractivity contribution in [2.75, 3.05) is 0 Å². The minimum atomic E-state index is 0. The monoisotopic (exact) mass is 414 g/mol. The van der Waals surface area contributed by atoms with Gasteiger partial charge in [0.15, 0.2) is 0 Å². The van der Waals surface area contributed by atoms with Crippen molar-refractivity contribution >= 4 is 48.9 Å². The molecule has 0 amide bonds. The van der Waals surface area contributed by atoms with Crippen LogP contribution in [-0.4, -0.2) is 54.4 Å². The molecule has 0 bridgehead atoms. The predicted octanol–water partition coefficient (Wildman–Crippen LogP) is -0.986. The Labute approximate surface area is 92.5 Å². The van der Waals surface area contributed by atoms with Gasteiger partial charge in [0.2, 0.25) is 0 Å². The van der Waals surface area contributed by atoms with Crippen LogP contribution >= 0.6 is 0 Å². The van der Waals surface area contributed by atoms with Crippen molar-refractivity contribution in [1.29, 1.82) is 0 Å². The molecule has 0 unspecified atom stereocenters. The maximum Gasteiger partial charge on any atom is 2.00 e. The summed E-state index contributed by atoms with van der Waals surface area (Å²) < 4.78 is 0. The third kappa shape index (κ3) is 8.83. The minimum absolute atomic E-state index is 0. The molecule has 0 aromatic rings. The zero-order valence-corrected chi connectivity index (χ0v) is 9.62. The smallest absolute Gasteiger partial charge is 1.00 e. The first-order chi connectivity index (χ1) is 0. The van der Waals surface area contributed by atoms with Crippen LogP contribution in [0.3, 0.4) is 0 Å². The van der Waals surface area contributed by atoms with Gasteiger partial charge in [-0.15, -0.1) is 0 Å². The van der Waals surface area contributed by atoms with Crippen LogP contribution in [-0.2, 0) is 37.2 Å². The van der Waals surface area contributed by atoms with Gasteiger partial charge >= 0.3 is 48.9 Å². The van der Waals surface area contributed by atoms with Gasteiger partial charge in [0.1, 0.15) is 0 Å². The normalized spacial score (nSPS) is 0. The second-order valence-corrected chi connectivity index (χ2v) is 0. The fraction of sp³-hybridized carbons (Fsp3) is 0. The first kappa shape index (κ1) is 29.9. The van der Waals surface area contributed by atoms with E-state index in [1.807, 2.05) is 0 Å². The van der Waals surface area contributed by atoms with E-state index in [-0.39, 0.29) is 94.4 Å². The number of rotatable bonds is 0. The largest absolute Gasteiger partial charge is 2.00 e. The predicted molar refractivity (Wildman–Crippen MR) is 11.6 cm³/mol. The summed E-state index contributed by atoms with van der Waals surface area (Å²) in [6, 6.07) is 0. The van der Waals surface area contributed by atoms with Crippen LogP contribution in [0.2, 0.25) is 0 Å². The van der Waals surface area contributed by atoms with Crippen molar-refractivity contribution in [1.82, 2.24) is 0 Å². The molecular weight excluding hydrogens is 409 g/mol. The van der Waals surface area contributed by atoms with Crippen LogP contribution in [0, 0.1) is 0 Å². The first-order valence-electron chi connectivity index (χ1n) is 0. The third-order valence-corrected chi connectivity index (χ3v) is 0. The average molecular weight is 413 g/mol. The molecule has 1 nitrogen and oxygen atoms in total. The SMILES string of the molecule is O.[Ba+2].[Cu].[H-].[H-].[Ir]. The average Bonchev–Trinajstić information content (AvgIpc) is 0. The Kier molecular flexibility index (Phi) is 129. The Morgan fingerprint density at radius 1 is 1.25 bits per heavy atom. The second kappa shape index (κ2) is 17.3. The molecular formula is H4BaCuIrO. The Bertz CT molecular complexity index is 13.5. The van der Waals surface area contributed by atoms with Crippen molar-refractivity contribution in [3.8, 4) is 0 Å². The van der Waals surface area contributed by atoms with E-state index < -0.39 is 0 Å². The topological polar surface area (TPSA) is 31.5 Å². The molecule has 0 aliphatic carbocycles. The van der Waals surface area contributed by atoms with Crippen molar-refractivity contribution in [3.63, 3.8) is 0 Å². The van der Waals surface area contributed by atoms with Gasteiger partial charge in [0, 0.05) is 37.2 Å². The minimum Gasteiger partial charge on any atom is -1.00 e. The molecule has 0 saturated heterocycles. The summed E-state index contributed by atoms with van der Waals surface area (Å²) in [5.74, 6) is 0. The van der Waals surface area contributed by atoms with Crippen LogP contribution in [0.4, 0.5) is 0 Å². The van der Waals surface area contributed by atoms with E-state index in [1.54, 1.807) is 0 Å². The summed E-state index contributed by atoms with van der Waals surface area (Å²) in [6.07, 6.45) is 0. The standard InChI is InChI=1S/Ba.Cu.Ir.H2O.2H/h;;;1H2;;/q+2;;;;2*-1. The number of hydrogen-bond donors (Lipinski definition) is 0. The molecule has 32 valence electrons. The van der Waals surface area contributed by atoms with Gasteiger partial charge in [-0.1, -0.05) is 0 Å². The van der Waals surface area contributed by atoms with Gasteiger partial charge in [-0.25, -0.2) is 0 Å². The van der Waals surface area contributed by atoms with Gasteiger partial charge < -0.3 is 8.33 Å². The Morgan fingerprint density at radius 2 is 1.25 bits per heavy atom. The summed E-state index contributed by atoms with van der Waals surface area (Å²) in [6.45, 7) is 0. The molecule has 4 heteroatoms. The van der Waals surface area contributed by atoms with E-state index in [2.05, 4.69) is 0 Å². The van der Waals surface area contributed by atoms with Crippen LogP contribution in [0.15, 0.2) is 0 Å². The van der Waals surface area contributed by atoms with E-state index >= 15 is 0 Å². The second-order valence-electron chi connectivity index (χ2n) is 0. The van der Waals surface area contributed by atoms with Crippen LogP contribution in [0.1, 0.15) is 2.85 Å². The van der Waals surface area contributed by atoms with Crippen molar-refractivity contribution in [3.05, 3.63) is 0 Å². The molecule has 4 heavy (non-hydrogen) atoms. The zero-order valence-electron chi connectivity index (χ0n) is 3.84. The summed E-state index contributed by atoms with van der Waals surface area (Å²) >= 11 is 0. The molecule has 0 saturated carbocycles. The zero-order chi connectivity index (χ0) is 0. The van der Waals surface area contributed by atoms with Gasteiger partial charge in [0.25, 0.3) is 0 Å². The molecule has 0 rings (SSSR count). The fourth-order valence-corrected chi connectivity index (χ4v) is 0.